The zero-order valence-electron chi connectivity index (χ0n) is 11.8. The van der Waals surface area contributed by atoms with Gasteiger partial charge in [0.15, 0.2) is 11.5 Å². The number of anilines is 1. The van der Waals surface area contributed by atoms with Crippen LogP contribution in [0.1, 0.15) is 20.3 Å². The molecule has 0 aromatic heterocycles. The molecule has 5 nitrogen and oxygen atoms in total. The number of ether oxygens (including phenoxy) is 2. The SMILES string of the molecule is CCOc1ccc(N2CC(C#N)CC2=O)cc1OCC. The topological polar surface area (TPSA) is 62.6 Å². The van der Waals surface area contributed by atoms with E-state index < -0.39 is 0 Å². The zero-order chi connectivity index (χ0) is 14.5. The van der Waals surface area contributed by atoms with Crippen molar-refractivity contribution in [2.45, 2.75) is 20.3 Å². The molecule has 1 aromatic rings. The monoisotopic (exact) mass is 274 g/mol. The van der Waals surface area contributed by atoms with E-state index in [0.29, 0.717) is 31.3 Å². The zero-order valence-corrected chi connectivity index (χ0v) is 11.8. The molecule has 1 aliphatic heterocycles. The molecule has 1 saturated heterocycles. The van der Waals surface area contributed by atoms with Gasteiger partial charge in [0.05, 0.1) is 25.2 Å². The maximum absolute atomic E-state index is 11.9. The lowest BCUT2D eigenvalue weighted by Crippen LogP contribution is -2.24. The highest BCUT2D eigenvalue weighted by molar-refractivity contribution is 5.96. The molecule has 1 amide bonds. The van der Waals surface area contributed by atoms with Crippen LogP contribution in [-0.2, 0) is 4.79 Å². The number of carbonyl (C=O) groups is 1. The fourth-order valence-electron chi connectivity index (χ4n) is 2.25. The molecule has 0 N–H and O–H groups in total. The molecule has 5 heteroatoms. The first-order valence-electron chi connectivity index (χ1n) is 6.79. The normalized spacial score (nSPS) is 17.9. The minimum Gasteiger partial charge on any atom is -0.490 e. The van der Waals surface area contributed by atoms with Gasteiger partial charge in [0, 0.05) is 24.7 Å². The lowest BCUT2D eigenvalue weighted by molar-refractivity contribution is -0.117. The Morgan fingerprint density at radius 2 is 2.00 bits per heavy atom. The molecule has 1 aliphatic rings. The summed E-state index contributed by atoms with van der Waals surface area (Å²) in [5.41, 5.74) is 0.750. The molecule has 20 heavy (non-hydrogen) atoms. The van der Waals surface area contributed by atoms with Crippen LogP contribution < -0.4 is 14.4 Å². The van der Waals surface area contributed by atoms with Gasteiger partial charge in [-0.15, -0.1) is 0 Å². The number of nitriles is 1. The molecule has 106 valence electrons. The molecule has 1 fully saturated rings. The van der Waals surface area contributed by atoms with Crippen molar-refractivity contribution in [2.24, 2.45) is 5.92 Å². The van der Waals surface area contributed by atoms with Gasteiger partial charge in [-0.1, -0.05) is 0 Å². The van der Waals surface area contributed by atoms with Gasteiger partial charge in [-0.2, -0.15) is 5.26 Å². The van der Waals surface area contributed by atoms with Crippen LogP contribution in [0.4, 0.5) is 5.69 Å². The molecule has 0 spiro atoms. The molecule has 0 saturated carbocycles. The number of benzene rings is 1. The van der Waals surface area contributed by atoms with Gasteiger partial charge < -0.3 is 14.4 Å². The van der Waals surface area contributed by atoms with Crippen molar-refractivity contribution in [1.82, 2.24) is 0 Å². The third-order valence-corrected chi connectivity index (χ3v) is 3.15. The fraction of sp³-hybridized carbons (Fsp3) is 0.467. The Morgan fingerprint density at radius 1 is 1.30 bits per heavy atom. The van der Waals surface area contributed by atoms with E-state index in [9.17, 15) is 4.79 Å². The highest BCUT2D eigenvalue weighted by atomic mass is 16.5. The second-order valence-electron chi connectivity index (χ2n) is 4.53. The maximum Gasteiger partial charge on any atom is 0.228 e. The van der Waals surface area contributed by atoms with Crippen LogP contribution in [-0.4, -0.2) is 25.7 Å². The summed E-state index contributed by atoms with van der Waals surface area (Å²) in [6, 6.07) is 7.57. The lowest BCUT2D eigenvalue weighted by Gasteiger charge is -2.18. The van der Waals surface area contributed by atoms with Gasteiger partial charge in [0.1, 0.15) is 0 Å². The number of hydrogen-bond donors (Lipinski definition) is 0. The van der Waals surface area contributed by atoms with Crippen molar-refractivity contribution in [3.63, 3.8) is 0 Å². The molecule has 1 unspecified atom stereocenters. The van der Waals surface area contributed by atoms with Crippen molar-refractivity contribution in [3.05, 3.63) is 18.2 Å². The standard InChI is InChI=1S/C15H18N2O3/c1-3-19-13-6-5-12(8-14(13)20-4-2)17-10-11(9-16)7-15(17)18/h5-6,8,11H,3-4,7,10H2,1-2H3. The number of nitrogens with zero attached hydrogens (tertiary/aromatic N) is 2. The summed E-state index contributed by atoms with van der Waals surface area (Å²) in [6.07, 6.45) is 0.285. The molecule has 1 aromatic carbocycles. The van der Waals surface area contributed by atoms with Gasteiger partial charge in [-0.25, -0.2) is 0 Å². The van der Waals surface area contributed by atoms with E-state index in [1.807, 2.05) is 19.9 Å². The van der Waals surface area contributed by atoms with Crippen LogP contribution >= 0.6 is 0 Å². The van der Waals surface area contributed by atoms with Gasteiger partial charge in [0.2, 0.25) is 5.91 Å². The lowest BCUT2D eigenvalue weighted by atomic mass is 10.1. The van der Waals surface area contributed by atoms with Crippen LogP contribution in [0.3, 0.4) is 0 Å². The van der Waals surface area contributed by atoms with E-state index in [4.69, 9.17) is 14.7 Å². The smallest absolute Gasteiger partial charge is 0.228 e. The average molecular weight is 274 g/mol. The summed E-state index contributed by atoms with van der Waals surface area (Å²) in [5, 5.41) is 8.93. The first-order valence-corrected chi connectivity index (χ1v) is 6.79. The van der Waals surface area contributed by atoms with E-state index in [1.54, 1.807) is 17.0 Å². The number of rotatable bonds is 5. The highest BCUT2D eigenvalue weighted by Gasteiger charge is 2.30. The first kappa shape index (κ1) is 14.2. The molecular weight excluding hydrogens is 256 g/mol. The van der Waals surface area contributed by atoms with E-state index in [-0.39, 0.29) is 18.2 Å². The minimum absolute atomic E-state index is 0.0249. The van der Waals surface area contributed by atoms with Crippen LogP contribution in [0.15, 0.2) is 18.2 Å². The van der Waals surface area contributed by atoms with Crippen LogP contribution in [0, 0.1) is 17.2 Å². The summed E-state index contributed by atoms with van der Waals surface area (Å²) in [7, 11) is 0. The Kier molecular flexibility index (Phi) is 4.46. The molecule has 1 atom stereocenters. The van der Waals surface area contributed by atoms with Gasteiger partial charge in [-0.3, -0.25) is 4.79 Å². The molecule has 0 aliphatic carbocycles. The van der Waals surface area contributed by atoms with Crippen molar-refractivity contribution in [1.29, 1.82) is 5.26 Å². The van der Waals surface area contributed by atoms with E-state index in [0.717, 1.165) is 5.69 Å². The fourth-order valence-corrected chi connectivity index (χ4v) is 2.25. The van der Waals surface area contributed by atoms with Crippen molar-refractivity contribution in [2.75, 3.05) is 24.7 Å². The Hall–Kier alpha value is -2.22. The average Bonchev–Trinajstić information content (AvgIpc) is 2.82. The van der Waals surface area contributed by atoms with Crippen molar-refractivity contribution in [3.8, 4) is 17.6 Å². The second kappa shape index (κ2) is 6.29. The number of hydrogen-bond acceptors (Lipinski definition) is 4. The minimum atomic E-state index is -0.232. The third-order valence-electron chi connectivity index (χ3n) is 3.15. The van der Waals surface area contributed by atoms with Gasteiger partial charge in [0.25, 0.3) is 0 Å². The largest absolute Gasteiger partial charge is 0.490 e. The Bertz CT molecular complexity index is 536. The summed E-state index contributed by atoms with van der Waals surface area (Å²) in [4.78, 5) is 13.6. The van der Waals surface area contributed by atoms with E-state index >= 15 is 0 Å². The summed E-state index contributed by atoms with van der Waals surface area (Å²) < 4.78 is 11.0. The van der Waals surface area contributed by atoms with E-state index in [1.165, 1.54) is 0 Å². The van der Waals surface area contributed by atoms with Gasteiger partial charge in [-0.05, 0) is 26.0 Å². The second-order valence-corrected chi connectivity index (χ2v) is 4.53. The van der Waals surface area contributed by atoms with Gasteiger partial charge >= 0.3 is 0 Å². The van der Waals surface area contributed by atoms with E-state index in [2.05, 4.69) is 6.07 Å². The molecule has 1 heterocycles. The predicted molar refractivity (Wildman–Crippen MR) is 74.9 cm³/mol. The van der Waals surface area contributed by atoms with Crippen LogP contribution in [0.25, 0.3) is 0 Å². The maximum atomic E-state index is 11.9. The Labute approximate surface area is 118 Å². The van der Waals surface area contributed by atoms with Crippen LogP contribution in [0.5, 0.6) is 11.5 Å². The van der Waals surface area contributed by atoms with Crippen molar-refractivity contribution >= 4 is 11.6 Å². The molecule has 0 radical (unpaired) electrons. The molecule has 0 bridgehead atoms. The quantitative estimate of drug-likeness (QED) is 0.827. The Balaban J connectivity index is 2.27. The molecule has 2 rings (SSSR count). The van der Waals surface area contributed by atoms with Crippen molar-refractivity contribution < 1.29 is 14.3 Å². The van der Waals surface area contributed by atoms with Crippen LogP contribution in [0.2, 0.25) is 0 Å². The molecular formula is C15H18N2O3. The predicted octanol–water partition coefficient (Wildman–Crippen LogP) is 2.36. The Morgan fingerprint density at radius 3 is 2.60 bits per heavy atom. The first-order chi connectivity index (χ1) is 9.69. The number of carbonyl (C=O) groups excluding carboxylic acids is 1. The summed E-state index contributed by atoms with van der Waals surface area (Å²) in [5.74, 6) is 1.04. The summed E-state index contributed by atoms with van der Waals surface area (Å²) in [6.45, 7) is 5.33. The highest BCUT2D eigenvalue weighted by Crippen LogP contribution is 2.34. The third kappa shape index (κ3) is 2.85. The number of amides is 1. The summed E-state index contributed by atoms with van der Waals surface area (Å²) >= 11 is 0.